The molecule has 1 amide bonds. The van der Waals surface area contributed by atoms with E-state index in [1.165, 1.54) is 24.4 Å². The molecule has 31 heavy (non-hydrogen) atoms. The lowest BCUT2D eigenvalue weighted by Gasteiger charge is -2.13. The van der Waals surface area contributed by atoms with Crippen LogP contribution in [0, 0.1) is 0 Å². The van der Waals surface area contributed by atoms with Gasteiger partial charge in [0.1, 0.15) is 11.9 Å². The standard InChI is InChI=1S/C22H18Cl2FN3O3/c23-14-6-7-16(17(24)9-14)18(25)10-26-21(29)20-19(11-27-28-22(20)30)31-15-3-1-2-13(8-15)12-4-5-12/h1-3,6-9,11-12,18H,4-5,10H2,(H,26,29)(H,28,30). The molecule has 0 bridgehead atoms. The first-order valence-electron chi connectivity index (χ1n) is 9.65. The third-order valence-electron chi connectivity index (χ3n) is 4.92. The average Bonchev–Trinajstić information content (AvgIpc) is 3.58. The number of carbonyl (C=O) groups excluding carboxylic acids is 1. The fourth-order valence-corrected chi connectivity index (χ4v) is 3.71. The number of benzene rings is 2. The second-order valence-corrected chi connectivity index (χ2v) is 8.07. The molecule has 6 nitrogen and oxygen atoms in total. The van der Waals surface area contributed by atoms with Crippen molar-refractivity contribution in [3.8, 4) is 11.5 Å². The maximum absolute atomic E-state index is 14.6. The third-order valence-corrected chi connectivity index (χ3v) is 5.49. The number of ether oxygens (including phenoxy) is 1. The van der Waals surface area contributed by atoms with Gasteiger partial charge in [0.2, 0.25) is 0 Å². The molecule has 0 aliphatic heterocycles. The van der Waals surface area contributed by atoms with Crippen LogP contribution in [0.4, 0.5) is 4.39 Å². The number of alkyl halides is 1. The molecule has 160 valence electrons. The molecule has 0 radical (unpaired) electrons. The average molecular weight is 462 g/mol. The number of hydrogen-bond donors (Lipinski definition) is 2. The summed E-state index contributed by atoms with van der Waals surface area (Å²) in [6.07, 6.45) is 1.91. The maximum Gasteiger partial charge on any atom is 0.280 e. The van der Waals surface area contributed by atoms with Crippen molar-refractivity contribution in [2.24, 2.45) is 0 Å². The molecular weight excluding hydrogens is 444 g/mol. The van der Waals surface area contributed by atoms with Gasteiger partial charge in [0.25, 0.3) is 11.5 Å². The molecule has 1 aromatic heterocycles. The molecule has 9 heteroatoms. The topological polar surface area (TPSA) is 84.1 Å². The van der Waals surface area contributed by atoms with Crippen LogP contribution < -0.4 is 15.6 Å². The first kappa shape index (κ1) is 21.3. The Morgan fingerprint density at radius 2 is 2.06 bits per heavy atom. The number of halogens is 3. The van der Waals surface area contributed by atoms with E-state index >= 15 is 0 Å². The normalized spacial score (nSPS) is 14.2. The SMILES string of the molecule is O=C(NCC(F)c1ccc(Cl)cc1Cl)c1c(Oc2cccc(C3CC3)c2)cn[nH]c1=O. The van der Waals surface area contributed by atoms with Crippen LogP contribution in [-0.4, -0.2) is 22.6 Å². The molecule has 1 heterocycles. The molecule has 0 spiro atoms. The van der Waals surface area contributed by atoms with Gasteiger partial charge in [-0.2, -0.15) is 5.10 Å². The molecule has 1 aliphatic rings. The Balaban J connectivity index is 1.50. The fourth-order valence-electron chi connectivity index (χ4n) is 3.19. The number of H-pyrrole nitrogens is 1. The van der Waals surface area contributed by atoms with Crippen molar-refractivity contribution in [2.45, 2.75) is 24.9 Å². The van der Waals surface area contributed by atoms with Crippen molar-refractivity contribution in [2.75, 3.05) is 6.54 Å². The van der Waals surface area contributed by atoms with Crippen LogP contribution in [0.2, 0.25) is 10.0 Å². The predicted octanol–water partition coefficient (Wildman–Crippen LogP) is 5.19. The van der Waals surface area contributed by atoms with E-state index in [1.54, 1.807) is 6.07 Å². The van der Waals surface area contributed by atoms with Crippen molar-refractivity contribution in [1.82, 2.24) is 15.5 Å². The monoisotopic (exact) mass is 461 g/mol. The Bertz CT molecular complexity index is 1180. The molecule has 0 saturated heterocycles. The van der Waals surface area contributed by atoms with Crippen LogP contribution in [0.15, 0.2) is 53.5 Å². The van der Waals surface area contributed by atoms with Crippen LogP contribution >= 0.6 is 23.2 Å². The summed E-state index contributed by atoms with van der Waals surface area (Å²) in [5.74, 6) is 0.200. The summed E-state index contributed by atoms with van der Waals surface area (Å²) in [7, 11) is 0. The number of amides is 1. The van der Waals surface area contributed by atoms with E-state index in [4.69, 9.17) is 27.9 Å². The van der Waals surface area contributed by atoms with E-state index in [-0.39, 0.29) is 21.9 Å². The first-order chi connectivity index (χ1) is 14.9. The molecule has 1 saturated carbocycles. The maximum atomic E-state index is 14.6. The van der Waals surface area contributed by atoms with Crippen molar-refractivity contribution in [3.05, 3.63) is 85.8 Å². The van der Waals surface area contributed by atoms with E-state index in [9.17, 15) is 14.0 Å². The van der Waals surface area contributed by atoms with Gasteiger partial charge in [-0.25, -0.2) is 9.49 Å². The van der Waals surface area contributed by atoms with Gasteiger partial charge in [0, 0.05) is 15.6 Å². The van der Waals surface area contributed by atoms with Crippen molar-refractivity contribution < 1.29 is 13.9 Å². The van der Waals surface area contributed by atoms with Crippen molar-refractivity contribution in [3.63, 3.8) is 0 Å². The zero-order valence-electron chi connectivity index (χ0n) is 16.2. The number of nitrogens with zero attached hydrogens (tertiary/aromatic N) is 1. The molecule has 1 unspecified atom stereocenters. The number of nitrogens with one attached hydrogen (secondary N) is 2. The second-order valence-electron chi connectivity index (χ2n) is 7.23. The lowest BCUT2D eigenvalue weighted by molar-refractivity contribution is 0.0937. The lowest BCUT2D eigenvalue weighted by atomic mass is 10.1. The number of rotatable bonds is 7. The Kier molecular flexibility index (Phi) is 6.25. The minimum absolute atomic E-state index is 0.0193. The number of hydrogen-bond acceptors (Lipinski definition) is 4. The number of carbonyl (C=O) groups is 1. The smallest absolute Gasteiger partial charge is 0.280 e. The molecule has 1 fully saturated rings. The lowest BCUT2D eigenvalue weighted by Crippen LogP contribution is -2.32. The summed E-state index contributed by atoms with van der Waals surface area (Å²) in [5, 5.41) is 8.85. The molecule has 2 N–H and O–H groups in total. The summed E-state index contributed by atoms with van der Waals surface area (Å²) < 4.78 is 20.4. The van der Waals surface area contributed by atoms with Gasteiger partial charge in [0.05, 0.1) is 12.7 Å². The molecule has 2 aromatic carbocycles. The minimum Gasteiger partial charge on any atom is -0.455 e. The van der Waals surface area contributed by atoms with E-state index in [1.807, 2.05) is 18.2 Å². The largest absolute Gasteiger partial charge is 0.455 e. The number of aromatic nitrogens is 2. The van der Waals surface area contributed by atoms with Gasteiger partial charge in [0.15, 0.2) is 11.3 Å². The first-order valence-corrected chi connectivity index (χ1v) is 10.4. The summed E-state index contributed by atoms with van der Waals surface area (Å²) in [6, 6.07) is 11.8. The highest BCUT2D eigenvalue weighted by molar-refractivity contribution is 6.35. The molecule has 1 aliphatic carbocycles. The van der Waals surface area contributed by atoms with Gasteiger partial charge in [-0.1, -0.05) is 41.4 Å². The summed E-state index contributed by atoms with van der Waals surface area (Å²) >= 11 is 11.8. The third kappa shape index (κ3) is 5.06. The zero-order valence-corrected chi connectivity index (χ0v) is 17.7. The zero-order chi connectivity index (χ0) is 22.0. The predicted molar refractivity (Wildman–Crippen MR) is 116 cm³/mol. The fraction of sp³-hybridized carbons (Fsp3) is 0.227. The molecular formula is C22H18Cl2FN3O3. The summed E-state index contributed by atoms with van der Waals surface area (Å²) in [4.78, 5) is 25.0. The van der Waals surface area contributed by atoms with E-state index in [2.05, 4.69) is 15.5 Å². The van der Waals surface area contributed by atoms with Gasteiger partial charge in [-0.05, 0) is 48.6 Å². The Hall–Kier alpha value is -2.90. The molecule has 4 rings (SSSR count). The van der Waals surface area contributed by atoms with Crippen molar-refractivity contribution in [1.29, 1.82) is 0 Å². The second kappa shape index (κ2) is 9.08. The highest BCUT2D eigenvalue weighted by Gasteiger charge is 2.24. The molecule has 1 atom stereocenters. The highest BCUT2D eigenvalue weighted by atomic mass is 35.5. The quantitative estimate of drug-likeness (QED) is 0.507. The minimum atomic E-state index is -1.59. The van der Waals surface area contributed by atoms with Crippen LogP contribution in [0.3, 0.4) is 0 Å². The van der Waals surface area contributed by atoms with E-state index < -0.39 is 24.2 Å². The van der Waals surface area contributed by atoms with E-state index in [0.29, 0.717) is 16.7 Å². The van der Waals surface area contributed by atoms with Gasteiger partial charge in [-0.3, -0.25) is 9.59 Å². The van der Waals surface area contributed by atoms with Crippen LogP contribution in [-0.2, 0) is 0 Å². The Labute approximate surface area is 187 Å². The Morgan fingerprint density at radius 3 is 2.81 bits per heavy atom. The highest BCUT2D eigenvalue weighted by Crippen LogP contribution is 2.41. The van der Waals surface area contributed by atoms with Crippen LogP contribution in [0.5, 0.6) is 11.5 Å². The number of aromatic amines is 1. The molecule has 3 aromatic rings. The van der Waals surface area contributed by atoms with Gasteiger partial charge in [-0.15, -0.1) is 0 Å². The summed E-state index contributed by atoms with van der Waals surface area (Å²) in [5.41, 5.74) is 0.291. The van der Waals surface area contributed by atoms with Crippen molar-refractivity contribution >= 4 is 29.1 Å². The van der Waals surface area contributed by atoms with Gasteiger partial charge >= 0.3 is 0 Å². The van der Waals surface area contributed by atoms with Crippen LogP contribution in [0.1, 0.15) is 46.4 Å². The Morgan fingerprint density at radius 1 is 1.26 bits per heavy atom. The van der Waals surface area contributed by atoms with Gasteiger partial charge < -0.3 is 10.1 Å². The van der Waals surface area contributed by atoms with E-state index in [0.717, 1.165) is 18.4 Å². The van der Waals surface area contributed by atoms with Crippen LogP contribution in [0.25, 0.3) is 0 Å². The summed E-state index contributed by atoms with van der Waals surface area (Å²) in [6.45, 7) is -0.390.